The molecule has 0 saturated heterocycles. The molecule has 1 aromatic heterocycles. The van der Waals surface area contributed by atoms with Gasteiger partial charge in [-0.2, -0.15) is 0 Å². The molecule has 0 radical (unpaired) electrons. The van der Waals surface area contributed by atoms with Crippen molar-refractivity contribution in [1.29, 1.82) is 0 Å². The number of carbonyl (C=O) groups is 2. The molecule has 3 aromatic carbocycles. The van der Waals surface area contributed by atoms with Gasteiger partial charge in [-0.3, -0.25) is 14.3 Å². The number of nitrogens with zero attached hydrogens (tertiary/aromatic N) is 4. The number of anilines is 2. The lowest BCUT2D eigenvalue weighted by Crippen LogP contribution is -2.44. The first-order valence-electron chi connectivity index (χ1n) is 14.3. The highest BCUT2D eigenvalue weighted by Crippen LogP contribution is 2.46. The third kappa shape index (κ3) is 6.52. The van der Waals surface area contributed by atoms with E-state index in [9.17, 15) is 14.7 Å². The Bertz CT molecular complexity index is 1650. The van der Waals surface area contributed by atoms with Gasteiger partial charge >= 0.3 is 0 Å². The predicted molar refractivity (Wildman–Crippen MR) is 168 cm³/mol. The molecule has 2 atom stereocenters. The van der Waals surface area contributed by atoms with Crippen molar-refractivity contribution in [2.45, 2.75) is 38.5 Å². The van der Waals surface area contributed by atoms with E-state index in [1.807, 2.05) is 24.3 Å². The van der Waals surface area contributed by atoms with Crippen LogP contribution in [-0.4, -0.2) is 50.7 Å². The second-order valence-electron chi connectivity index (χ2n) is 10.7. The maximum atomic E-state index is 13.9. The third-order valence-electron chi connectivity index (χ3n) is 7.70. The third-order valence-corrected chi connectivity index (χ3v) is 7.93. The highest BCUT2D eigenvalue weighted by molar-refractivity contribution is 6.31. The molecular weight excluding hydrogens is 582 g/mol. The molecule has 1 aliphatic heterocycles. The van der Waals surface area contributed by atoms with E-state index < -0.39 is 17.4 Å². The van der Waals surface area contributed by atoms with E-state index in [2.05, 4.69) is 15.6 Å². The van der Waals surface area contributed by atoms with Crippen molar-refractivity contribution in [1.82, 2.24) is 15.0 Å². The summed E-state index contributed by atoms with van der Waals surface area (Å²) in [5, 5.41) is 32.3. The van der Waals surface area contributed by atoms with Crippen LogP contribution in [0.25, 0.3) is 0 Å². The lowest BCUT2D eigenvalue weighted by atomic mass is 9.83. The molecule has 3 N–H and O–H groups in total. The molecule has 0 unspecified atom stereocenters. The van der Waals surface area contributed by atoms with Gasteiger partial charge in [-0.15, -0.1) is 5.10 Å². The molecule has 2 heterocycles. The maximum absolute atomic E-state index is 13.9. The Kier molecular flexibility index (Phi) is 9.43. The van der Waals surface area contributed by atoms with Crippen LogP contribution < -0.4 is 15.0 Å². The molecule has 0 fully saturated rings. The Hall–Kier alpha value is -4.51. The minimum atomic E-state index is -1.80. The molecule has 10 nitrogen and oxygen atoms in total. The molecule has 44 heavy (non-hydrogen) atoms. The van der Waals surface area contributed by atoms with Crippen LogP contribution in [0.15, 0.2) is 85.1 Å². The second-order valence-corrected chi connectivity index (χ2v) is 11.1. The lowest BCUT2D eigenvalue weighted by molar-refractivity contribution is -0.139. The number of ether oxygens (including phenoxy) is 1. The van der Waals surface area contributed by atoms with E-state index in [-0.39, 0.29) is 19.1 Å². The van der Waals surface area contributed by atoms with E-state index in [0.717, 1.165) is 11.3 Å². The Labute approximate surface area is 260 Å². The van der Waals surface area contributed by atoms with E-state index in [0.29, 0.717) is 52.7 Å². The van der Waals surface area contributed by atoms with Gasteiger partial charge in [-0.1, -0.05) is 48.0 Å². The number of aliphatic hydroxyl groups excluding tert-OH is 1. The van der Waals surface area contributed by atoms with Crippen LogP contribution in [0, 0.1) is 5.92 Å². The number of rotatable bonds is 12. The summed E-state index contributed by atoms with van der Waals surface area (Å²) < 4.78 is 6.84. The molecule has 11 heteroatoms. The number of allylic oxidation sites excluding steroid dienone is 1. The number of fused-ring (bicyclic) bond motifs is 1. The zero-order valence-electron chi connectivity index (χ0n) is 24.5. The number of hydrogen-bond acceptors (Lipinski definition) is 7. The standard InChI is InChI=1S/C33H34ClN5O5/c1-22(5-3-4-17-38-21-27(16-18-40)36-37-38)33(43)29-19-25(34)10-15-30(29)39(32(33)42)20-23-6-11-26(12-7-23)35-31(41)24-8-13-28(44-2)14-9-24/h3,5-15,19,21-22,40,43H,4,16-18,20H2,1-2H3,(H,35,41)/b5-3+/t22-,33+/m1/s1. The maximum Gasteiger partial charge on any atom is 0.264 e. The zero-order valence-corrected chi connectivity index (χ0v) is 25.2. The number of carbonyl (C=O) groups excluding carboxylic acids is 2. The van der Waals surface area contributed by atoms with E-state index in [1.165, 1.54) is 0 Å². The number of aliphatic hydroxyl groups is 2. The van der Waals surface area contributed by atoms with Crippen LogP contribution in [0.1, 0.15) is 40.5 Å². The van der Waals surface area contributed by atoms with Crippen molar-refractivity contribution in [2.24, 2.45) is 5.92 Å². The van der Waals surface area contributed by atoms with Gasteiger partial charge in [0.05, 0.1) is 25.0 Å². The number of methoxy groups -OCH3 is 1. The average Bonchev–Trinajstić information content (AvgIpc) is 3.56. The van der Waals surface area contributed by atoms with Crippen LogP contribution in [0.4, 0.5) is 11.4 Å². The van der Waals surface area contributed by atoms with Crippen LogP contribution in [0.5, 0.6) is 5.75 Å². The molecule has 0 saturated carbocycles. The van der Waals surface area contributed by atoms with Gasteiger partial charge in [-0.25, -0.2) is 0 Å². The van der Waals surface area contributed by atoms with Gasteiger partial charge in [0.25, 0.3) is 11.8 Å². The highest BCUT2D eigenvalue weighted by atomic mass is 35.5. The monoisotopic (exact) mass is 615 g/mol. The Morgan fingerprint density at radius 1 is 1.14 bits per heavy atom. The number of aromatic nitrogens is 3. The van der Waals surface area contributed by atoms with Gasteiger partial charge in [-0.05, 0) is 66.6 Å². The molecular formula is C33H34ClN5O5. The van der Waals surface area contributed by atoms with Gasteiger partial charge in [0.1, 0.15) is 5.75 Å². The van der Waals surface area contributed by atoms with Crippen LogP contribution in [0.3, 0.4) is 0 Å². The van der Waals surface area contributed by atoms with Crippen molar-refractivity contribution in [2.75, 3.05) is 23.9 Å². The number of amides is 2. The van der Waals surface area contributed by atoms with Crippen molar-refractivity contribution in [3.05, 3.63) is 112 Å². The van der Waals surface area contributed by atoms with E-state index in [1.54, 1.807) is 84.4 Å². The van der Waals surface area contributed by atoms with Crippen molar-refractivity contribution < 1.29 is 24.5 Å². The molecule has 1 aliphatic rings. The highest BCUT2D eigenvalue weighted by Gasteiger charge is 2.52. The Balaban J connectivity index is 1.27. The average molecular weight is 616 g/mol. The summed E-state index contributed by atoms with van der Waals surface area (Å²) in [5.74, 6) is -0.566. The van der Waals surface area contributed by atoms with Gasteiger partial charge in [0.15, 0.2) is 5.60 Å². The summed E-state index contributed by atoms with van der Waals surface area (Å²) in [6, 6.07) is 19.2. The van der Waals surface area contributed by atoms with Gasteiger partial charge < -0.3 is 25.2 Å². The molecule has 0 bridgehead atoms. The fourth-order valence-corrected chi connectivity index (χ4v) is 5.39. The lowest BCUT2D eigenvalue weighted by Gasteiger charge is -2.27. The number of benzene rings is 3. The number of aryl methyl sites for hydroxylation is 1. The van der Waals surface area contributed by atoms with Crippen LogP contribution in [0.2, 0.25) is 5.02 Å². The summed E-state index contributed by atoms with van der Waals surface area (Å²) in [4.78, 5) is 28.1. The minimum Gasteiger partial charge on any atom is -0.497 e. The Morgan fingerprint density at radius 3 is 2.59 bits per heavy atom. The summed E-state index contributed by atoms with van der Waals surface area (Å²) in [6.07, 6.45) is 6.60. The first-order chi connectivity index (χ1) is 21.2. The number of hydrogen-bond donors (Lipinski definition) is 3. The molecule has 0 spiro atoms. The second kappa shape index (κ2) is 13.4. The first kappa shape index (κ1) is 30.9. The number of nitrogens with one attached hydrogen (secondary N) is 1. The van der Waals surface area contributed by atoms with Crippen LogP contribution in [-0.2, 0) is 29.9 Å². The molecule has 2 amide bonds. The fraction of sp³-hybridized carbons (Fsp3) is 0.273. The fourth-order valence-electron chi connectivity index (χ4n) is 5.22. The summed E-state index contributed by atoms with van der Waals surface area (Å²) >= 11 is 6.32. The van der Waals surface area contributed by atoms with E-state index in [4.69, 9.17) is 21.4 Å². The zero-order chi connectivity index (χ0) is 31.3. The molecule has 0 aliphatic carbocycles. The van der Waals surface area contributed by atoms with Crippen molar-refractivity contribution in [3.63, 3.8) is 0 Å². The van der Waals surface area contributed by atoms with Gasteiger partial charge in [0.2, 0.25) is 0 Å². The number of halogens is 1. The van der Waals surface area contributed by atoms with Crippen molar-refractivity contribution in [3.8, 4) is 5.75 Å². The summed E-state index contributed by atoms with van der Waals surface area (Å²) in [6.45, 7) is 2.61. The Morgan fingerprint density at radius 2 is 1.89 bits per heavy atom. The molecule has 5 rings (SSSR count). The van der Waals surface area contributed by atoms with Gasteiger partial charge in [0, 0.05) is 53.5 Å². The minimum absolute atomic E-state index is 0.0140. The normalized spacial score (nSPS) is 16.8. The summed E-state index contributed by atoms with van der Waals surface area (Å²) in [5.41, 5.74) is 1.91. The topological polar surface area (TPSA) is 130 Å². The predicted octanol–water partition coefficient (Wildman–Crippen LogP) is 4.74. The van der Waals surface area contributed by atoms with Crippen LogP contribution >= 0.6 is 11.6 Å². The molecule has 228 valence electrons. The molecule has 4 aromatic rings. The summed E-state index contributed by atoms with van der Waals surface area (Å²) in [7, 11) is 1.57. The van der Waals surface area contributed by atoms with Crippen molar-refractivity contribution >= 4 is 34.8 Å². The quantitative estimate of drug-likeness (QED) is 0.196. The smallest absolute Gasteiger partial charge is 0.264 e. The first-order valence-corrected chi connectivity index (χ1v) is 14.7. The largest absolute Gasteiger partial charge is 0.497 e. The van der Waals surface area contributed by atoms with E-state index >= 15 is 0 Å². The SMILES string of the molecule is COc1ccc(C(=O)Nc2ccc(CN3C(=O)[C@](O)([C@H](C)/C=C/CCn4cc(CCO)nn4)c4cc(Cl)ccc43)cc2)cc1.